The molecule has 0 atom stereocenters. The van der Waals surface area contributed by atoms with Crippen molar-refractivity contribution < 1.29 is 0 Å². The maximum atomic E-state index is 6.41. The normalized spacial score (nSPS) is 9.00. The molecule has 0 saturated carbocycles. The molecule has 0 unspecified atom stereocenters. The number of hydrogen-bond acceptors (Lipinski definition) is 0. The molecule has 0 nitrogen and oxygen atoms in total. The Kier molecular flexibility index (Phi) is 13.6. The van der Waals surface area contributed by atoms with Crippen molar-refractivity contribution in [2.45, 2.75) is 0 Å². The highest BCUT2D eigenvalue weighted by atomic mass is 35.5. The molecular weight excluding hydrogens is 858 g/mol. The third-order valence-corrected chi connectivity index (χ3v) is 10.6. The lowest BCUT2D eigenvalue weighted by Gasteiger charge is -2.03. The second-order valence-corrected chi connectivity index (χ2v) is 12.8. The Morgan fingerprint density at radius 1 is 0.167 bits per heavy atom. The minimum Gasteiger partial charge on any atom is -0.0812 e. The smallest absolute Gasteiger partial charge is 0.0778 e. The van der Waals surface area contributed by atoms with Crippen molar-refractivity contribution in [3.05, 3.63) is 169 Å². The van der Waals surface area contributed by atoms with Gasteiger partial charge in [-0.25, -0.2) is 0 Å². The summed E-state index contributed by atoms with van der Waals surface area (Å²) in [5.41, 5.74) is 0. The molecule has 0 heterocycles. The average Bonchev–Trinajstić information content (AvgIpc) is 3.07. The molecule has 0 aromatic heterocycles. The van der Waals surface area contributed by atoms with Crippen LogP contribution < -0.4 is 0 Å². The fraction of sp³-hybridized carbons (Fsp3) is 0. The zero-order chi connectivity index (χ0) is 35.1. The molecule has 48 heavy (non-hydrogen) atoms. The number of fused-ring (bicyclic) bond motifs is 2. The van der Waals surface area contributed by atoms with Crippen LogP contribution in [0, 0.1) is 109 Å². The molecule has 0 N–H and O–H groups in total. The lowest BCUT2D eigenvalue weighted by Crippen LogP contribution is -1.78. The van der Waals surface area contributed by atoms with Crippen LogP contribution >= 0.6 is 139 Å². The van der Waals surface area contributed by atoms with Crippen LogP contribution in [0.15, 0.2) is 0 Å². The average molecular weight is 858 g/mol. The van der Waals surface area contributed by atoms with E-state index in [1.165, 1.54) is 0 Å². The van der Waals surface area contributed by atoms with Crippen molar-refractivity contribution in [3.8, 4) is 0 Å². The second kappa shape index (κ2) is 17.2. The van der Waals surface area contributed by atoms with Gasteiger partial charge < -0.3 is 0 Å². The Bertz CT molecular complexity index is 1730. The summed E-state index contributed by atoms with van der Waals surface area (Å²) in [5.74, 6) is 0. The van der Waals surface area contributed by atoms with E-state index in [2.05, 4.69) is 109 Å². The number of rotatable bonds is 0. The van der Waals surface area contributed by atoms with Crippen molar-refractivity contribution in [2.24, 2.45) is 0 Å². The van der Waals surface area contributed by atoms with Gasteiger partial charge in [0.15, 0.2) is 0 Å². The van der Waals surface area contributed by atoms with Gasteiger partial charge in [-0.1, -0.05) is 139 Å². The first-order valence-electron chi connectivity index (χ1n) is 12.0. The Labute approximate surface area is 337 Å². The quantitative estimate of drug-likeness (QED) is 0.155. The first-order chi connectivity index (χ1) is 22.9. The third-order valence-electron chi connectivity index (χ3n) is 5.48. The van der Waals surface area contributed by atoms with Crippen LogP contribution in [0.4, 0.5) is 0 Å². The van der Waals surface area contributed by atoms with E-state index in [1.54, 1.807) is 0 Å². The van der Waals surface area contributed by atoms with Crippen LogP contribution in [0.3, 0.4) is 0 Å². The van der Waals surface area contributed by atoms with Gasteiger partial charge in [-0.2, -0.15) is 0 Å². The van der Waals surface area contributed by atoms with Gasteiger partial charge in [-0.05, 0) is 109 Å². The molecular formula is C36Cl12. The van der Waals surface area contributed by atoms with Crippen molar-refractivity contribution in [1.82, 2.24) is 0 Å². The van der Waals surface area contributed by atoms with Crippen LogP contribution in [0.2, 0.25) is 60.3 Å². The van der Waals surface area contributed by atoms with E-state index >= 15 is 0 Å². The lowest BCUT2D eigenvalue weighted by molar-refractivity contribution is 1.79. The lowest BCUT2D eigenvalue weighted by atomic mass is 10.2. The van der Waals surface area contributed by atoms with E-state index in [4.69, 9.17) is 139 Å². The van der Waals surface area contributed by atoms with E-state index < -0.39 is 0 Å². The molecule has 0 aliphatic carbocycles. The molecule has 0 amide bonds. The highest BCUT2D eigenvalue weighted by molar-refractivity contribution is 6.56. The molecule has 0 aliphatic heterocycles. The molecule has 7 rings (SSSR count). The van der Waals surface area contributed by atoms with Crippen LogP contribution in [0.1, 0.15) is 0 Å². The van der Waals surface area contributed by atoms with Crippen molar-refractivity contribution in [2.75, 3.05) is 0 Å². The molecule has 7 aromatic rings. The van der Waals surface area contributed by atoms with Gasteiger partial charge in [-0.15, -0.1) is 0 Å². The first kappa shape index (κ1) is 38.0. The van der Waals surface area contributed by atoms with Crippen LogP contribution in [-0.4, -0.2) is 0 Å². The summed E-state index contributed by atoms with van der Waals surface area (Å²) in [6, 6.07) is 46.8. The summed E-state index contributed by atoms with van der Waals surface area (Å²) < 4.78 is 0. The maximum Gasteiger partial charge on any atom is 0.0778 e. The van der Waals surface area contributed by atoms with Gasteiger partial charge in [-0.3, -0.25) is 0 Å². The largest absolute Gasteiger partial charge is 0.0812 e. The van der Waals surface area contributed by atoms with Gasteiger partial charge in [0.25, 0.3) is 0 Å². The molecule has 0 spiro atoms. The minimum absolute atomic E-state index is 0.00800. The fourth-order valence-electron chi connectivity index (χ4n) is 3.30. The summed E-state index contributed by atoms with van der Waals surface area (Å²) >= 11 is 76.9. The molecule has 0 radical (unpaired) electrons. The SMILES string of the molecule is Clc1c(Cl)c2c#cc#cc#cc3c(Cl)c(Cl)c(c#cc#cc#cc4c(Cl)c(Cl)c(c#cc#cc#cc1c(Cl)c2Cl)c(Cl)c4Cl)c(Cl)c3Cl. The van der Waals surface area contributed by atoms with Crippen LogP contribution in [0.5, 0.6) is 0 Å². The zero-order valence-corrected chi connectivity index (χ0v) is 31.6. The maximum absolute atomic E-state index is 6.41. The Hall–Kier alpha value is -2.82. The van der Waals surface area contributed by atoms with E-state index in [-0.39, 0.29) is 92.6 Å². The summed E-state index contributed by atoms with van der Waals surface area (Å²) in [6.45, 7) is 0. The Morgan fingerprint density at radius 2 is 0.271 bits per heavy atom. The van der Waals surface area contributed by atoms with E-state index in [0.29, 0.717) is 0 Å². The topological polar surface area (TPSA) is 0 Å². The van der Waals surface area contributed by atoms with Gasteiger partial charge >= 0.3 is 0 Å². The molecule has 0 fully saturated rings. The Morgan fingerprint density at radius 3 is 0.375 bits per heavy atom. The third kappa shape index (κ3) is 8.30. The van der Waals surface area contributed by atoms with Gasteiger partial charge in [0.05, 0.1) is 92.6 Å². The predicted octanol–water partition coefficient (Wildman–Crippen LogP) is 14.5. The monoisotopic (exact) mass is 852 g/mol. The predicted molar refractivity (Wildman–Crippen MR) is 197 cm³/mol. The van der Waals surface area contributed by atoms with Crippen molar-refractivity contribution in [1.29, 1.82) is 0 Å². The summed E-state index contributed by atoms with van der Waals surface area (Å²) in [5, 5.41) is 0.609. The standard InChI is InChI=1S/C36Cl12/c37-25-19-13-7-1-2-8-14-20-27(39)31(43)22(32(44)28(20)40)16-10-5-6-12-18-24-35(47)33(45)23(34(46)36(24)48)17-11-4-3-9-15-21(29(25)41)30(42)26(19)38. The molecule has 6 bridgehead atoms. The Balaban J connectivity index is 2.03. The van der Waals surface area contributed by atoms with Crippen LogP contribution in [0.25, 0.3) is 32.3 Å². The summed E-state index contributed by atoms with van der Waals surface area (Å²) in [6.07, 6.45) is 0. The zero-order valence-electron chi connectivity index (χ0n) is 22.5. The number of hydrogen-bond donors (Lipinski definition) is 0. The van der Waals surface area contributed by atoms with Gasteiger partial charge in [0.1, 0.15) is 0 Å². The molecule has 0 aliphatic rings. The van der Waals surface area contributed by atoms with E-state index in [0.717, 1.165) is 0 Å². The van der Waals surface area contributed by atoms with Crippen LogP contribution in [-0.2, 0) is 0 Å². The van der Waals surface area contributed by atoms with Crippen molar-refractivity contribution in [3.63, 3.8) is 0 Å². The van der Waals surface area contributed by atoms with Gasteiger partial charge in [0, 0.05) is 0 Å². The summed E-state index contributed by atoms with van der Waals surface area (Å²) in [4.78, 5) is 0. The molecule has 12 heteroatoms. The number of benzene rings is 3. The second-order valence-electron chi connectivity index (χ2n) is 8.27. The fourth-order valence-corrected chi connectivity index (χ4v) is 6.43. The molecule has 0 saturated heterocycles. The summed E-state index contributed by atoms with van der Waals surface area (Å²) in [7, 11) is 0. The van der Waals surface area contributed by atoms with E-state index in [9.17, 15) is 0 Å². The van der Waals surface area contributed by atoms with Crippen molar-refractivity contribution >= 4 is 172 Å². The first-order valence-corrected chi connectivity index (χ1v) is 16.6. The van der Waals surface area contributed by atoms with E-state index in [1.807, 2.05) is 0 Å². The highest BCUT2D eigenvalue weighted by Gasteiger charge is 2.15. The highest BCUT2D eigenvalue weighted by Crippen LogP contribution is 2.43. The van der Waals surface area contributed by atoms with Gasteiger partial charge in [0.2, 0.25) is 0 Å². The minimum atomic E-state index is -0.00800. The molecule has 7 aromatic carbocycles. The number of halogens is 12. The molecule has 228 valence electrons.